The first-order valence-electron chi connectivity index (χ1n) is 7.73. The van der Waals surface area contributed by atoms with Gasteiger partial charge in [0.05, 0.1) is 0 Å². The Hall–Kier alpha value is -0.620. The molecule has 0 spiro atoms. The van der Waals surface area contributed by atoms with Crippen LogP contribution in [0.25, 0.3) is 0 Å². The van der Waals surface area contributed by atoms with Gasteiger partial charge in [0, 0.05) is 23.6 Å². The standard InChI is InChI=1S/C16H23BrN2O2/c17-13-2-1-3-15(8-13)21-11-14(20)9-18-16-10-19-6-4-12(16)5-7-19/h1-3,8,12,14,16,18,20H,4-7,9-11H2. The third kappa shape index (κ3) is 4.19. The number of piperidine rings is 3. The molecule has 1 aromatic carbocycles. The molecule has 0 amide bonds. The molecule has 116 valence electrons. The van der Waals surface area contributed by atoms with Gasteiger partial charge in [0.15, 0.2) is 0 Å². The van der Waals surface area contributed by atoms with Crippen LogP contribution in [0.1, 0.15) is 12.8 Å². The van der Waals surface area contributed by atoms with E-state index in [0.29, 0.717) is 19.2 Å². The Labute approximate surface area is 134 Å². The van der Waals surface area contributed by atoms with Crippen molar-refractivity contribution in [3.8, 4) is 5.75 Å². The van der Waals surface area contributed by atoms with E-state index in [4.69, 9.17) is 4.74 Å². The van der Waals surface area contributed by atoms with Crippen LogP contribution in [-0.4, -0.2) is 54.9 Å². The molecule has 5 heteroatoms. The Kier molecular flexibility index (Phi) is 5.16. The SMILES string of the molecule is OC(CNC1CN2CCC1CC2)COc1cccc(Br)c1. The van der Waals surface area contributed by atoms with Gasteiger partial charge in [0.25, 0.3) is 0 Å². The lowest BCUT2D eigenvalue weighted by molar-refractivity contribution is 0.0551. The minimum atomic E-state index is -0.473. The van der Waals surface area contributed by atoms with Crippen LogP contribution in [0.4, 0.5) is 0 Å². The average molecular weight is 355 g/mol. The predicted molar refractivity (Wildman–Crippen MR) is 86.6 cm³/mol. The molecule has 2 N–H and O–H groups in total. The average Bonchev–Trinajstić information content (AvgIpc) is 2.52. The highest BCUT2D eigenvalue weighted by Gasteiger charge is 2.33. The van der Waals surface area contributed by atoms with Crippen molar-refractivity contribution in [3.63, 3.8) is 0 Å². The summed E-state index contributed by atoms with van der Waals surface area (Å²) in [6.07, 6.45) is 2.12. The summed E-state index contributed by atoms with van der Waals surface area (Å²) in [5.74, 6) is 1.57. The summed E-state index contributed by atoms with van der Waals surface area (Å²) in [5.41, 5.74) is 0. The Bertz CT molecular complexity index is 463. The first-order chi connectivity index (χ1) is 10.2. The van der Waals surface area contributed by atoms with Crippen molar-refractivity contribution < 1.29 is 9.84 Å². The zero-order chi connectivity index (χ0) is 14.7. The van der Waals surface area contributed by atoms with Crippen LogP contribution in [0.2, 0.25) is 0 Å². The first kappa shape index (κ1) is 15.3. The quantitative estimate of drug-likeness (QED) is 0.818. The third-order valence-electron chi connectivity index (χ3n) is 4.51. The molecule has 2 bridgehead atoms. The zero-order valence-electron chi connectivity index (χ0n) is 12.2. The lowest BCUT2D eigenvalue weighted by Gasteiger charge is -2.45. The fraction of sp³-hybridized carbons (Fsp3) is 0.625. The summed E-state index contributed by atoms with van der Waals surface area (Å²) in [4.78, 5) is 2.52. The van der Waals surface area contributed by atoms with Crippen molar-refractivity contribution >= 4 is 15.9 Å². The summed E-state index contributed by atoms with van der Waals surface area (Å²) < 4.78 is 6.61. The maximum Gasteiger partial charge on any atom is 0.120 e. The van der Waals surface area contributed by atoms with Crippen molar-refractivity contribution in [2.45, 2.75) is 25.0 Å². The summed E-state index contributed by atoms with van der Waals surface area (Å²) >= 11 is 3.41. The van der Waals surface area contributed by atoms with Gasteiger partial charge < -0.3 is 20.1 Å². The molecule has 3 heterocycles. The van der Waals surface area contributed by atoms with Crippen molar-refractivity contribution in [1.29, 1.82) is 0 Å². The van der Waals surface area contributed by atoms with E-state index in [-0.39, 0.29) is 0 Å². The Morgan fingerprint density at radius 3 is 2.86 bits per heavy atom. The molecule has 0 aromatic heterocycles. The lowest BCUT2D eigenvalue weighted by Crippen LogP contribution is -2.57. The van der Waals surface area contributed by atoms with E-state index in [1.165, 1.54) is 25.9 Å². The summed E-state index contributed by atoms with van der Waals surface area (Å²) in [5, 5.41) is 13.6. The van der Waals surface area contributed by atoms with Crippen molar-refractivity contribution in [2.75, 3.05) is 32.8 Å². The van der Waals surface area contributed by atoms with Crippen LogP contribution < -0.4 is 10.1 Å². The monoisotopic (exact) mass is 354 g/mol. The van der Waals surface area contributed by atoms with Crippen molar-refractivity contribution in [1.82, 2.24) is 10.2 Å². The first-order valence-corrected chi connectivity index (χ1v) is 8.52. The number of aliphatic hydroxyl groups excluding tert-OH is 1. The van der Waals surface area contributed by atoms with E-state index >= 15 is 0 Å². The Balaban J connectivity index is 1.39. The molecule has 21 heavy (non-hydrogen) atoms. The summed E-state index contributed by atoms with van der Waals surface area (Å²) in [6, 6.07) is 8.23. The van der Waals surface area contributed by atoms with Gasteiger partial charge in [-0.1, -0.05) is 22.0 Å². The fourth-order valence-corrected chi connectivity index (χ4v) is 3.67. The number of ether oxygens (including phenoxy) is 1. The van der Waals surface area contributed by atoms with Gasteiger partial charge in [-0.3, -0.25) is 0 Å². The molecule has 0 aliphatic carbocycles. The molecule has 3 fully saturated rings. The predicted octanol–water partition coefficient (Wildman–Crippen LogP) is 1.87. The molecule has 2 atom stereocenters. The number of aliphatic hydroxyl groups is 1. The van der Waals surface area contributed by atoms with Gasteiger partial charge >= 0.3 is 0 Å². The number of hydrogen-bond acceptors (Lipinski definition) is 4. The van der Waals surface area contributed by atoms with Gasteiger partial charge in [-0.25, -0.2) is 0 Å². The molecular weight excluding hydrogens is 332 g/mol. The van der Waals surface area contributed by atoms with E-state index in [1.807, 2.05) is 24.3 Å². The summed E-state index contributed by atoms with van der Waals surface area (Å²) in [6.45, 7) is 4.55. The molecule has 1 aromatic rings. The highest BCUT2D eigenvalue weighted by atomic mass is 79.9. The zero-order valence-corrected chi connectivity index (χ0v) is 13.8. The maximum atomic E-state index is 10.1. The van der Waals surface area contributed by atoms with Gasteiger partial charge in [-0.15, -0.1) is 0 Å². The van der Waals surface area contributed by atoms with Gasteiger partial charge in [-0.2, -0.15) is 0 Å². The van der Waals surface area contributed by atoms with Crippen LogP contribution >= 0.6 is 15.9 Å². The lowest BCUT2D eigenvalue weighted by atomic mass is 9.84. The summed E-state index contributed by atoms with van der Waals surface area (Å²) in [7, 11) is 0. The second kappa shape index (κ2) is 7.09. The second-order valence-electron chi connectivity index (χ2n) is 6.07. The smallest absolute Gasteiger partial charge is 0.120 e. The topological polar surface area (TPSA) is 44.7 Å². The number of hydrogen-bond donors (Lipinski definition) is 2. The van der Waals surface area contributed by atoms with Crippen LogP contribution in [0.3, 0.4) is 0 Å². The highest BCUT2D eigenvalue weighted by Crippen LogP contribution is 2.27. The highest BCUT2D eigenvalue weighted by molar-refractivity contribution is 9.10. The van der Waals surface area contributed by atoms with Gasteiger partial charge in [0.1, 0.15) is 18.5 Å². The fourth-order valence-electron chi connectivity index (χ4n) is 3.29. The number of halogens is 1. The minimum absolute atomic E-state index is 0.324. The number of nitrogens with one attached hydrogen (secondary N) is 1. The Morgan fingerprint density at radius 1 is 1.38 bits per heavy atom. The van der Waals surface area contributed by atoms with Gasteiger partial charge in [0.2, 0.25) is 0 Å². The molecule has 3 aliphatic heterocycles. The maximum absolute atomic E-state index is 10.1. The van der Waals surface area contributed by atoms with Crippen molar-refractivity contribution in [3.05, 3.63) is 28.7 Å². The molecule has 3 saturated heterocycles. The second-order valence-corrected chi connectivity index (χ2v) is 6.99. The van der Waals surface area contributed by atoms with Crippen LogP contribution in [-0.2, 0) is 0 Å². The third-order valence-corrected chi connectivity index (χ3v) is 5.00. The number of benzene rings is 1. The molecule has 4 nitrogen and oxygen atoms in total. The van der Waals surface area contributed by atoms with E-state index in [9.17, 15) is 5.11 Å². The number of rotatable bonds is 6. The molecule has 4 rings (SSSR count). The minimum Gasteiger partial charge on any atom is -0.491 e. The molecule has 2 unspecified atom stereocenters. The number of nitrogens with zero attached hydrogens (tertiary/aromatic N) is 1. The largest absolute Gasteiger partial charge is 0.491 e. The van der Waals surface area contributed by atoms with Crippen LogP contribution in [0.15, 0.2) is 28.7 Å². The normalized spacial score (nSPS) is 29.3. The van der Waals surface area contributed by atoms with E-state index < -0.39 is 6.10 Å². The Morgan fingerprint density at radius 2 is 2.19 bits per heavy atom. The molecule has 0 radical (unpaired) electrons. The van der Waals surface area contributed by atoms with Gasteiger partial charge in [-0.05, 0) is 50.0 Å². The van der Waals surface area contributed by atoms with Crippen LogP contribution in [0, 0.1) is 5.92 Å². The molecule has 3 aliphatic rings. The molecule has 0 saturated carbocycles. The molecular formula is C16H23BrN2O2. The number of fused-ring (bicyclic) bond motifs is 3. The van der Waals surface area contributed by atoms with E-state index in [0.717, 1.165) is 22.7 Å². The van der Waals surface area contributed by atoms with Crippen molar-refractivity contribution in [2.24, 2.45) is 5.92 Å². The van der Waals surface area contributed by atoms with Crippen LogP contribution in [0.5, 0.6) is 5.75 Å². The van der Waals surface area contributed by atoms with E-state index in [1.54, 1.807) is 0 Å². The van der Waals surface area contributed by atoms with E-state index in [2.05, 4.69) is 26.1 Å².